The molecule has 1 atom stereocenters. The van der Waals surface area contributed by atoms with Gasteiger partial charge in [0.2, 0.25) is 5.91 Å². The fraction of sp³-hybridized carbons (Fsp3) is 0.600. The molecule has 1 saturated heterocycles. The van der Waals surface area contributed by atoms with Crippen molar-refractivity contribution in [3.63, 3.8) is 0 Å². The Labute approximate surface area is 160 Å². The Bertz CT molecular complexity index is 658. The molecule has 2 heterocycles. The van der Waals surface area contributed by atoms with Crippen molar-refractivity contribution in [3.8, 4) is 5.75 Å². The lowest BCUT2D eigenvalue weighted by molar-refractivity contribution is -0.133. The molecule has 148 valence electrons. The molecule has 0 N–H and O–H groups in total. The molecule has 1 fully saturated rings. The van der Waals surface area contributed by atoms with Crippen LogP contribution in [0, 0.1) is 0 Å². The molecule has 7 heteroatoms. The van der Waals surface area contributed by atoms with E-state index in [0.29, 0.717) is 45.8 Å². The number of piperazine rings is 1. The number of hydrogen-bond donors (Lipinski definition) is 0. The lowest BCUT2D eigenvalue weighted by atomic mass is 10.2. The molecule has 2 amide bonds. The largest absolute Gasteiger partial charge is 0.489 e. The maximum atomic E-state index is 12.6. The van der Waals surface area contributed by atoms with Crippen molar-refractivity contribution in [1.82, 2.24) is 14.7 Å². The van der Waals surface area contributed by atoms with Crippen LogP contribution in [0.2, 0.25) is 0 Å². The first-order chi connectivity index (χ1) is 13.1. The van der Waals surface area contributed by atoms with Crippen molar-refractivity contribution in [2.45, 2.75) is 32.9 Å². The predicted octanol–water partition coefficient (Wildman–Crippen LogP) is 1.96. The summed E-state index contributed by atoms with van der Waals surface area (Å²) in [6, 6.07) is 8.09. The second-order valence-corrected chi connectivity index (χ2v) is 7.09. The van der Waals surface area contributed by atoms with Gasteiger partial charge in [-0.15, -0.1) is 0 Å². The summed E-state index contributed by atoms with van der Waals surface area (Å²) >= 11 is 0. The molecular weight excluding hydrogens is 346 g/mol. The predicted molar refractivity (Wildman–Crippen MR) is 102 cm³/mol. The van der Waals surface area contributed by atoms with Gasteiger partial charge in [-0.2, -0.15) is 0 Å². The van der Waals surface area contributed by atoms with Crippen molar-refractivity contribution in [1.29, 1.82) is 0 Å². The lowest BCUT2D eigenvalue weighted by Crippen LogP contribution is -2.51. The summed E-state index contributed by atoms with van der Waals surface area (Å²) in [4.78, 5) is 30.1. The molecule has 1 aromatic rings. The minimum atomic E-state index is -0.290. The zero-order valence-electron chi connectivity index (χ0n) is 16.2. The van der Waals surface area contributed by atoms with Crippen LogP contribution >= 0.6 is 0 Å². The summed E-state index contributed by atoms with van der Waals surface area (Å²) in [7, 11) is 0. The third-order valence-corrected chi connectivity index (χ3v) is 5.01. The standard InChI is InChI=1S/C20H29N3O4/c1-3-26-20(25)23-12-10-22(11-13-23)19(24)8-9-21-14-16(2)27-18-7-5-4-6-17(18)15-21/h4-7,16H,3,8-15H2,1-2H3. The van der Waals surface area contributed by atoms with Crippen LogP contribution < -0.4 is 4.74 Å². The maximum absolute atomic E-state index is 12.6. The van der Waals surface area contributed by atoms with Crippen LogP contribution in [0.1, 0.15) is 25.8 Å². The number of nitrogens with zero attached hydrogens (tertiary/aromatic N) is 3. The SMILES string of the molecule is CCOC(=O)N1CCN(C(=O)CCN2Cc3ccccc3OC(C)C2)CC1. The minimum absolute atomic E-state index is 0.0943. The van der Waals surface area contributed by atoms with Crippen molar-refractivity contribution in [3.05, 3.63) is 29.8 Å². The second-order valence-electron chi connectivity index (χ2n) is 7.09. The molecule has 0 spiro atoms. The zero-order chi connectivity index (χ0) is 19.2. The lowest BCUT2D eigenvalue weighted by Gasteiger charge is -2.34. The summed E-state index contributed by atoms with van der Waals surface area (Å²) in [6.45, 7) is 8.75. The van der Waals surface area contributed by atoms with Gasteiger partial charge in [0.15, 0.2) is 0 Å². The molecule has 0 radical (unpaired) electrons. The highest BCUT2D eigenvalue weighted by molar-refractivity contribution is 5.77. The molecule has 2 aliphatic heterocycles. The van der Waals surface area contributed by atoms with E-state index in [9.17, 15) is 9.59 Å². The van der Waals surface area contributed by atoms with E-state index >= 15 is 0 Å². The Morgan fingerprint density at radius 3 is 2.59 bits per heavy atom. The Balaban J connectivity index is 1.47. The summed E-state index contributed by atoms with van der Waals surface area (Å²) < 4.78 is 11.0. The topological polar surface area (TPSA) is 62.3 Å². The number of benzene rings is 1. The Hall–Kier alpha value is -2.28. The van der Waals surface area contributed by atoms with Gasteiger partial charge in [0.1, 0.15) is 11.9 Å². The summed E-state index contributed by atoms with van der Waals surface area (Å²) in [5.41, 5.74) is 1.16. The number of ether oxygens (including phenoxy) is 2. The number of carbonyl (C=O) groups excluding carboxylic acids is 2. The van der Waals surface area contributed by atoms with Gasteiger partial charge in [0.05, 0.1) is 6.61 Å². The third kappa shape index (κ3) is 5.13. The molecule has 27 heavy (non-hydrogen) atoms. The number of hydrogen-bond acceptors (Lipinski definition) is 5. The highest BCUT2D eigenvalue weighted by Crippen LogP contribution is 2.24. The molecule has 1 aromatic carbocycles. The molecule has 0 aliphatic carbocycles. The molecule has 7 nitrogen and oxygen atoms in total. The van der Waals surface area contributed by atoms with Crippen LogP contribution in [-0.2, 0) is 16.1 Å². The molecule has 3 rings (SSSR count). The van der Waals surface area contributed by atoms with Crippen molar-refractivity contribution < 1.29 is 19.1 Å². The average Bonchev–Trinajstić information content (AvgIpc) is 2.83. The van der Waals surface area contributed by atoms with Gasteiger partial charge < -0.3 is 19.3 Å². The van der Waals surface area contributed by atoms with E-state index in [0.717, 1.165) is 24.4 Å². The Kier molecular flexibility index (Phi) is 6.55. The first kappa shape index (κ1) is 19.5. The number of para-hydroxylation sites is 1. The average molecular weight is 375 g/mol. The number of fused-ring (bicyclic) bond motifs is 1. The fourth-order valence-corrected chi connectivity index (χ4v) is 3.61. The third-order valence-electron chi connectivity index (χ3n) is 5.01. The quantitative estimate of drug-likeness (QED) is 0.805. The first-order valence-electron chi connectivity index (χ1n) is 9.73. The van der Waals surface area contributed by atoms with E-state index in [-0.39, 0.29) is 18.1 Å². The van der Waals surface area contributed by atoms with Crippen LogP contribution in [0.25, 0.3) is 0 Å². The number of rotatable bonds is 4. The Morgan fingerprint density at radius 2 is 1.85 bits per heavy atom. The highest BCUT2D eigenvalue weighted by atomic mass is 16.6. The van der Waals surface area contributed by atoms with E-state index < -0.39 is 0 Å². The van der Waals surface area contributed by atoms with E-state index in [1.54, 1.807) is 11.8 Å². The van der Waals surface area contributed by atoms with Crippen LogP contribution in [0.5, 0.6) is 5.75 Å². The van der Waals surface area contributed by atoms with E-state index in [2.05, 4.69) is 17.9 Å². The van der Waals surface area contributed by atoms with Crippen molar-refractivity contribution in [2.75, 3.05) is 45.9 Å². The van der Waals surface area contributed by atoms with Gasteiger partial charge >= 0.3 is 6.09 Å². The monoisotopic (exact) mass is 375 g/mol. The minimum Gasteiger partial charge on any atom is -0.489 e. The van der Waals surface area contributed by atoms with E-state index in [4.69, 9.17) is 9.47 Å². The van der Waals surface area contributed by atoms with Crippen molar-refractivity contribution >= 4 is 12.0 Å². The smallest absolute Gasteiger partial charge is 0.409 e. The van der Waals surface area contributed by atoms with Crippen molar-refractivity contribution in [2.24, 2.45) is 0 Å². The van der Waals surface area contributed by atoms with Crippen LogP contribution in [-0.4, -0.2) is 78.7 Å². The van der Waals surface area contributed by atoms with Gasteiger partial charge in [-0.1, -0.05) is 18.2 Å². The molecule has 1 unspecified atom stereocenters. The van der Waals surface area contributed by atoms with E-state index in [1.165, 1.54) is 0 Å². The molecule has 0 aromatic heterocycles. The van der Waals surface area contributed by atoms with Crippen LogP contribution in [0.3, 0.4) is 0 Å². The van der Waals surface area contributed by atoms with Gasteiger partial charge in [-0.25, -0.2) is 4.79 Å². The van der Waals surface area contributed by atoms with Gasteiger partial charge in [-0.3, -0.25) is 9.69 Å². The van der Waals surface area contributed by atoms with E-state index in [1.807, 2.05) is 23.1 Å². The second kappa shape index (κ2) is 9.08. The van der Waals surface area contributed by atoms with Gasteiger partial charge in [-0.05, 0) is 19.9 Å². The molecule has 0 bridgehead atoms. The Morgan fingerprint density at radius 1 is 1.15 bits per heavy atom. The van der Waals surface area contributed by atoms with Crippen LogP contribution in [0.15, 0.2) is 24.3 Å². The molecule has 0 saturated carbocycles. The zero-order valence-corrected chi connectivity index (χ0v) is 16.2. The van der Waals surface area contributed by atoms with Crippen LogP contribution in [0.4, 0.5) is 4.79 Å². The number of amides is 2. The first-order valence-corrected chi connectivity index (χ1v) is 9.73. The number of carbonyl (C=O) groups is 2. The normalized spacial score (nSPS) is 20.4. The fourth-order valence-electron chi connectivity index (χ4n) is 3.61. The maximum Gasteiger partial charge on any atom is 0.409 e. The summed E-state index contributed by atoms with van der Waals surface area (Å²) in [6.07, 6.45) is 0.285. The summed E-state index contributed by atoms with van der Waals surface area (Å²) in [5.74, 6) is 1.08. The van der Waals surface area contributed by atoms with Gasteiger partial charge in [0.25, 0.3) is 0 Å². The highest BCUT2D eigenvalue weighted by Gasteiger charge is 2.26. The molecular formula is C20H29N3O4. The van der Waals surface area contributed by atoms with Gasteiger partial charge in [0, 0.05) is 57.8 Å². The molecule has 2 aliphatic rings. The summed E-state index contributed by atoms with van der Waals surface area (Å²) in [5, 5.41) is 0.